The summed E-state index contributed by atoms with van der Waals surface area (Å²) in [6.07, 6.45) is 0.931. The van der Waals surface area contributed by atoms with Crippen LogP contribution in [-0.2, 0) is 4.79 Å². The Hall–Kier alpha value is -0.260. The Morgan fingerprint density at radius 2 is 1.94 bits per heavy atom. The Labute approximate surface area is 123 Å². The number of anilines is 1. The number of nitrogens with one attached hydrogen (secondary N) is 2. The van der Waals surface area contributed by atoms with Gasteiger partial charge in [-0.05, 0) is 50.4 Å². The van der Waals surface area contributed by atoms with Crippen LogP contribution in [0, 0.1) is 0 Å². The first-order chi connectivity index (χ1) is 8.04. The number of hydrogen-bond acceptors (Lipinski definition) is 2. The fraction of sp³-hybridized carbons (Fsp3) is 0.364. The number of halogens is 3. The van der Waals surface area contributed by atoms with Gasteiger partial charge in [-0.15, -0.1) is 0 Å². The van der Waals surface area contributed by atoms with Gasteiger partial charge in [0.2, 0.25) is 5.91 Å². The van der Waals surface area contributed by atoms with E-state index in [2.05, 4.69) is 42.5 Å². The Balaban J connectivity index is 2.60. The molecule has 0 heterocycles. The number of carbonyl (C=O) groups excluding carboxylic acids is 1. The lowest BCUT2D eigenvalue weighted by molar-refractivity contribution is -0.119. The summed E-state index contributed by atoms with van der Waals surface area (Å²) in [5.74, 6) is -0.0272. The zero-order chi connectivity index (χ0) is 12.8. The summed E-state index contributed by atoms with van der Waals surface area (Å²) in [5, 5.41) is 6.48. The second-order valence-electron chi connectivity index (χ2n) is 3.45. The van der Waals surface area contributed by atoms with Crippen LogP contribution in [0.2, 0.25) is 5.02 Å². The maximum atomic E-state index is 11.4. The lowest BCUT2D eigenvalue weighted by Gasteiger charge is -2.11. The number of rotatable bonds is 5. The van der Waals surface area contributed by atoms with Crippen molar-refractivity contribution in [1.29, 1.82) is 0 Å². The molecule has 0 aliphatic heterocycles. The predicted molar refractivity (Wildman–Crippen MR) is 78.6 cm³/mol. The molecule has 1 amide bonds. The van der Waals surface area contributed by atoms with Gasteiger partial charge >= 0.3 is 0 Å². The van der Waals surface area contributed by atoms with Crippen molar-refractivity contribution in [3.63, 3.8) is 0 Å². The highest BCUT2D eigenvalue weighted by atomic mass is 79.9. The Kier molecular flexibility index (Phi) is 6.30. The second kappa shape index (κ2) is 7.24. The summed E-state index contributed by atoms with van der Waals surface area (Å²) in [7, 11) is 0. The van der Waals surface area contributed by atoms with Crippen LogP contribution >= 0.6 is 43.5 Å². The van der Waals surface area contributed by atoms with Crippen molar-refractivity contribution in [2.24, 2.45) is 0 Å². The van der Waals surface area contributed by atoms with E-state index < -0.39 is 0 Å². The maximum absolute atomic E-state index is 11.4. The molecule has 0 bridgehead atoms. The van der Waals surface area contributed by atoms with Crippen LogP contribution in [0.15, 0.2) is 21.1 Å². The average Bonchev–Trinajstić information content (AvgIpc) is 2.24. The van der Waals surface area contributed by atoms with Gasteiger partial charge in [-0.1, -0.05) is 18.5 Å². The molecule has 1 aromatic carbocycles. The van der Waals surface area contributed by atoms with Gasteiger partial charge in [0.05, 0.1) is 12.2 Å². The minimum atomic E-state index is -0.0272. The molecule has 94 valence electrons. The number of hydrogen-bond donors (Lipinski definition) is 2. The van der Waals surface area contributed by atoms with E-state index in [0.717, 1.165) is 21.1 Å². The van der Waals surface area contributed by atoms with Crippen molar-refractivity contribution >= 4 is 55.1 Å². The summed E-state index contributed by atoms with van der Waals surface area (Å²) in [5.41, 5.74) is 0.820. The standard InChI is InChI=1S/C11H13Br2ClN2O/c1-2-3-15-10(17)6-16-11-8(12)4-7(14)5-9(11)13/h4-5,16H,2-3,6H2,1H3,(H,15,17). The van der Waals surface area contributed by atoms with Crippen LogP contribution in [0.5, 0.6) is 0 Å². The second-order valence-corrected chi connectivity index (χ2v) is 5.59. The van der Waals surface area contributed by atoms with E-state index in [-0.39, 0.29) is 12.5 Å². The summed E-state index contributed by atoms with van der Waals surface area (Å²) >= 11 is 12.7. The van der Waals surface area contributed by atoms with Crippen molar-refractivity contribution in [3.05, 3.63) is 26.1 Å². The summed E-state index contributed by atoms with van der Waals surface area (Å²) < 4.78 is 1.64. The fourth-order valence-electron chi connectivity index (χ4n) is 1.21. The third kappa shape index (κ3) is 4.85. The Bertz CT molecular complexity index is 389. The van der Waals surface area contributed by atoms with Gasteiger partial charge in [-0.3, -0.25) is 4.79 Å². The van der Waals surface area contributed by atoms with Gasteiger partial charge in [0, 0.05) is 20.5 Å². The zero-order valence-corrected chi connectivity index (χ0v) is 13.2. The van der Waals surface area contributed by atoms with E-state index in [9.17, 15) is 4.79 Å². The highest BCUT2D eigenvalue weighted by Gasteiger charge is 2.08. The third-order valence-electron chi connectivity index (χ3n) is 2.00. The molecule has 0 spiro atoms. The van der Waals surface area contributed by atoms with Gasteiger partial charge < -0.3 is 10.6 Å². The normalized spacial score (nSPS) is 10.1. The molecular weight excluding hydrogens is 371 g/mol. The topological polar surface area (TPSA) is 41.1 Å². The van der Waals surface area contributed by atoms with Crippen LogP contribution in [0.25, 0.3) is 0 Å². The van der Waals surface area contributed by atoms with Crippen molar-refractivity contribution in [2.45, 2.75) is 13.3 Å². The van der Waals surface area contributed by atoms with E-state index >= 15 is 0 Å². The molecule has 1 rings (SSSR count). The summed E-state index contributed by atoms with van der Waals surface area (Å²) in [4.78, 5) is 11.4. The van der Waals surface area contributed by atoms with Gasteiger partial charge in [0.1, 0.15) is 0 Å². The van der Waals surface area contributed by atoms with E-state index in [1.165, 1.54) is 0 Å². The molecule has 0 fully saturated rings. The van der Waals surface area contributed by atoms with Gasteiger partial charge in [-0.25, -0.2) is 0 Å². The monoisotopic (exact) mass is 382 g/mol. The molecule has 1 aromatic rings. The molecule has 0 radical (unpaired) electrons. The van der Waals surface area contributed by atoms with E-state index in [1.807, 2.05) is 6.92 Å². The number of benzene rings is 1. The minimum Gasteiger partial charge on any atom is -0.374 e. The first-order valence-corrected chi connectivity index (χ1v) is 7.16. The largest absolute Gasteiger partial charge is 0.374 e. The van der Waals surface area contributed by atoms with Crippen molar-refractivity contribution < 1.29 is 4.79 Å². The van der Waals surface area contributed by atoms with Crippen LogP contribution in [0.3, 0.4) is 0 Å². The highest BCUT2D eigenvalue weighted by Crippen LogP contribution is 2.33. The van der Waals surface area contributed by atoms with Crippen molar-refractivity contribution in [3.8, 4) is 0 Å². The van der Waals surface area contributed by atoms with Crippen LogP contribution in [-0.4, -0.2) is 19.0 Å². The van der Waals surface area contributed by atoms with Crippen molar-refractivity contribution in [2.75, 3.05) is 18.4 Å². The van der Waals surface area contributed by atoms with Gasteiger partial charge in [-0.2, -0.15) is 0 Å². The smallest absolute Gasteiger partial charge is 0.239 e. The van der Waals surface area contributed by atoms with E-state index in [4.69, 9.17) is 11.6 Å². The third-order valence-corrected chi connectivity index (χ3v) is 3.47. The molecule has 0 saturated heterocycles. The lowest BCUT2D eigenvalue weighted by atomic mass is 10.3. The maximum Gasteiger partial charge on any atom is 0.239 e. The molecule has 6 heteroatoms. The number of carbonyl (C=O) groups is 1. The fourth-order valence-corrected chi connectivity index (χ4v) is 3.16. The van der Waals surface area contributed by atoms with Crippen molar-refractivity contribution in [1.82, 2.24) is 5.32 Å². The summed E-state index contributed by atoms with van der Waals surface area (Å²) in [6, 6.07) is 3.55. The van der Waals surface area contributed by atoms with Gasteiger partial charge in [0.15, 0.2) is 0 Å². The SMILES string of the molecule is CCCNC(=O)CNc1c(Br)cc(Cl)cc1Br. The van der Waals surface area contributed by atoms with E-state index in [1.54, 1.807) is 12.1 Å². The first-order valence-electron chi connectivity index (χ1n) is 5.19. The first kappa shape index (κ1) is 14.8. The summed E-state index contributed by atoms with van der Waals surface area (Å²) in [6.45, 7) is 2.95. The van der Waals surface area contributed by atoms with E-state index in [0.29, 0.717) is 11.6 Å². The molecule has 3 nitrogen and oxygen atoms in total. The molecule has 0 aliphatic carbocycles. The lowest BCUT2D eigenvalue weighted by Crippen LogP contribution is -2.30. The van der Waals surface area contributed by atoms with Crippen LogP contribution in [0.4, 0.5) is 5.69 Å². The van der Waals surface area contributed by atoms with Crippen LogP contribution < -0.4 is 10.6 Å². The van der Waals surface area contributed by atoms with Gasteiger partial charge in [0.25, 0.3) is 0 Å². The molecule has 0 aliphatic rings. The molecule has 0 unspecified atom stereocenters. The predicted octanol–water partition coefficient (Wildman–Crippen LogP) is 3.80. The molecule has 17 heavy (non-hydrogen) atoms. The quantitative estimate of drug-likeness (QED) is 0.811. The Morgan fingerprint density at radius 3 is 2.47 bits per heavy atom. The van der Waals surface area contributed by atoms with Crippen LogP contribution in [0.1, 0.15) is 13.3 Å². The molecule has 0 aromatic heterocycles. The molecule has 0 atom stereocenters. The zero-order valence-electron chi connectivity index (χ0n) is 9.32. The molecular formula is C11H13Br2ClN2O. The number of amides is 1. The average molecular weight is 384 g/mol. The Morgan fingerprint density at radius 1 is 1.35 bits per heavy atom. The molecule has 0 saturated carbocycles. The minimum absolute atomic E-state index is 0.0272. The highest BCUT2D eigenvalue weighted by molar-refractivity contribution is 9.11. The molecule has 2 N–H and O–H groups in total.